The third-order valence-electron chi connectivity index (χ3n) is 0.754. The predicted molar refractivity (Wildman–Crippen MR) is 38.1 cm³/mol. The maximum atomic E-state index is 9.59. The standard InChI is InChI=1S/C3H4N2.C3H7NO/c1-2-4-5-3-1;1-2-3(4)5/h1-3H,(H,4,5);2H2,1H3,(H2,4,5). The van der Waals surface area contributed by atoms with Crippen LogP contribution in [0.15, 0.2) is 18.5 Å². The van der Waals surface area contributed by atoms with Crippen molar-refractivity contribution < 1.29 is 4.79 Å². The van der Waals surface area contributed by atoms with Crippen molar-refractivity contribution in [2.75, 3.05) is 0 Å². The Hall–Kier alpha value is -1.32. The van der Waals surface area contributed by atoms with Gasteiger partial charge in [0.2, 0.25) is 5.91 Å². The van der Waals surface area contributed by atoms with Gasteiger partial charge in [-0.05, 0) is 6.07 Å². The van der Waals surface area contributed by atoms with E-state index in [9.17, 15) is 4.79 Å². The summed E-state index contributed by atoms with van der Waals surface area (Å²) in [5, 5.41) is 6.21. The molecule has 0 aromatic carbocycles. The average molecular weight is 141 g/mol. The summed E-state index contributed by atoms with van der Waals surface area (Å²) >= 11 is 0. The summed E-state index contributed by atoms with van der Waals surface area (Å²) in [4.78, 5) is 9.59. The molecule has 0 saturated carbocycles. The zero-order valence-corrected chi connectivity index (χ0v) is 5.87. The summed E-state index contributed by atoms with van der Waals surface area (Å²) in [6.45, 7) is 1.72. The smallest absolute Gasteiger partial charge is 0.217 e. The van der Waals surface area contributed by atoms with E-state index < -0.39 is 0 Å². The normalized spacial score (nSPS) is 7.70. The van der Waals surface area contributed by atoms with Gasteiger partial charge in [0.25, 0.3) is 0 Å². The lowest BCUT2D eigenvalue weighted by atomic mass is 10.5. The van der Waals surface area contributed by atoms with Gasteiger partial charge in [-0.3, -0.25) is 9.89 Å². The lowest BCUT2D eigenvalue weighted by Crippen LogP contribution is -2.06. The van der Waals surface area contributed by atoms with E-state index in [2.05, 4.69) is 15.9 Å². The van der Waals surface area contributed by atoms with Crippen molar-refractivity contribution in [3.8, 4) is 0 Å². The largest absolute Gasteiger partial charge is 0.370 e. The molecule has 56 valence electrons. The molecule has 4 nitrogen and oxygen atoms in total. The highest BCUT2D eigenvalue weighted by Gasteiger charge is 1.77. The zero-order valence-electron chi connectivity index (χ0n) is 5.87. The van der Waals surface area contributed by atoms with Gasteiger partial charge in [-0.1, -0.05) is 6.92 Å². The lowest BCUT2D eigenvalue weighted by Gasteiger charge is -1.73. The number of rotatable bonds is 1. The Morgan fingerprint density at radius 1 is 1.80 bits per heavy atom. The molecule has 0 atom stereocenters. The van der Waals surface area contributed by atoms with Gasteiger partial charge in [-0.15, -0.1) is 0 Å². The Balaban J connectivity index is 0.000000162. The molecule has 0 unspecified atom stereocenters. The molecule has 0 spiro atoms. The Labute approximate surface area is 59.4 Å². The van der Waals surface area contributed by atoms with Crippen molar-refractivity contribution in [2.24, 2.45) is 5.73 Å². The molecular formula is C6H11N3O. The quantitative estimate of drug-likeness (QED) is 0.590. The number of H-pyrrole nitrogens is 1. The summed E-state index contributed by atoms with van der Waals surface area (Å²) in [5.41, 5.74) is 4.65. The van der Waals surface area contributed by atoms with Crippen molar-refractivity contribution in [3.05, 3.63) is 18.5 Å². The van der Waals surface area contributed by atoms with Gasteiger partial charge in [-0.25, -0.2) is 0 Å². The van der Waals surface area contributed by atoms with Gasteiger partial charge < -0.3 is 5.73 Å². The lowest BCUT2D eigenvalue weighted by molar-refractivity contribution is -0.117. The Kier molecular flexibility index (Phi) is 5.04. The van der Waals surface area contributed by atoms with E-state index >= 15 is 0 Å². The molecule has 0 fully saturated rings. The van der Waals surface area contributed by atoms with E-state index in [4.69, 9.17) is 0 Å². The minimum atomic E-state index is -0.245. The molecule has 10 heavy (non-hydrogen) atoms. The fourth-order valence-corrected chi connectivity index (χ4v) is 0.215. The highest BCUT2D eigenvalue weighted by atomic mass is 16.1. The molecule has 1 amide bonds. The number of aromatic amines is 1. The van der Waals surface area contributed by atoms with E-state index in [0.29, 0.717) is 6.42 Å². The first kappa shape index (κ1) is 8.68. The van der Waals surface area contributed by atoms with Crippen LogP contribution in [0.3, 0.4) is 0 Å². The van der Waals surface area contributed by atoms with Crippen LogP contribution in [0, 0.1) is 0 Å². The second kappa shape index (κ2) is 5.81. The third kappa shape index (κ3) is 6.68. The van der Waals surface area contributed by atoms with Crippen molar-refractivity contribution in [1.29, 1.82) is 0 Å². The van der Waals surface area contributed by atoms with Crippen LogP contribution in [0.4, 0.5) is 0 Å². The number of nitrogens with zero attached hydrogens (tertiary/aromatic N) is 1. The van der Waals surface area contributed by atoms with Gasteiger partial charge >= 0.3 is 0 Å². The molecule has 1 rings (SSSR count). The molecule has 3 N–H and O–H groups in total. The minimum absolute atomic E-state index is 0.245. The third-order valence-corrected chi connectivity index (χ3v) is 0.754. The van der Waals surface area contributed by atoms with E-state index in [0.717, 1.165) is 0 Å². The molecule has 1 heterocycles. The zero-order chi connectivity index (χ0) is 7.82. The molecule has 0 aliphatic carbocycles. The highest BCUT2D eigenvalue weighted by molar-refractivity contribution is 5.73. The van der Waals surface area contributed by atoms with Crippen LogP contribution in [0.2, 0.25) is 0 Å². The van der Waals surface area contributed by atoms with Crippen LogP contribution >= 0.6 is 0 Å². The maximum Gasteiger partial charge on any atom is 0.217 e. The summed E-state index contributed by atoms with van der Waals surface area (Å²) in [6, 6.07) is 1.83. The van der Waals surface area contributed by atoms with E-state index in [1.54, 1.807) is 19.3 Å². The first-order chi connectivity index (χ1) is 4.77. The minimum Gasteiger partial charge on any atom is -0.370 e. The monoisotopic (exact) mass is 141 g/mol. The fourth-order valence-electron chi connectivity index (χ4n) is 0.215. The molecule has 0 aliphatic heterocycles. The van der Waals surface area contributed by atoms with Crippen LogP contribution in [0.5, 0.6) is 0 Å². The van der Waals surface area contributed by atoms with Crippen LogP contribution < -0.4 is 5.73 Å². The van der Waals surface area contributed by atoms with Crippen molar-refractivity contribution in [3.63, 3.8) is 0 Å². The molecule has 0 aliphatic rings. The Bertz CT molecular complexity index is 142. The summed E-state index contributed by atoms with van der Waals surface area (Å²) in [5.74, 6) is -0.245. The fraction of sp³-hybridized carbons (Fsp3) is 0.333. The molecule has 0 bridgehead atoms. The summed E-state index contributed by atoms with van der Waals surface area (Å²) < 4.78 is 0. The second-order valence-electron chi connectivity index (χ2n) is 1.59. The van der Waals surface area contributed by atoms with Gasteiger partial charge in [0.1, 0.15) is 0 Å². The van der Waals surface area contributed by atoms with Crippen molar-refractivity contribution >= 4 is 5.91 Å². The molecule has 0 radical (unpaired) electrons. The number of amides is 1. The number of hydrogen-bond donors (Lipinski definition) is 2. The number of nitrogens with two attached hydrogens (primary N) is 1. The number of hydrogen-bond acceptors (Lipinski definition) is 2. The number of carbonyl (C=O) groups excluding carboxylic acids is 1. The van der Waals surface area contributed by atoms with Gasteiger partial charge in [0.15, 0.2) is 0 Å². The van der Waals surface area contributed by atoms with E-state index in [-0.39, 0.29) is 5.91 Å². The Morgan fingerprint density at radius 2 is 2.40 bits per heavy atom. The van der Waals surface area contributed by atoms with Gasteiger partial charge in [-0.2, -0.15) is 5.10 Å². The van der Waals surface area contributed by atoms with Crippen LogP contribution in [0.1, 0.15) is 13.3 Å². The number of carbonyl (C=O) groups is 1. The van der Waals surface area contributed by atoms with Gasteiger partial charge in [0, 0.05) is 18.8 Å². The predicted octanol–water partition coefficient (Wildman–Crippen LogP) is 0.291. The van der Waals surface area contributed by atoms with Crippen LogP contribution in [0.25, 0.3) is 0 Å². The topological polar surface area (TPSA) is 71.8 Å². The van der Waals surface area contributed by atoms with E-state index in [1.807, 2.05) is 6.07 Å². The van der Waals surface area contributed by atoms with Crippen molar-refractivity contribution in [1.82, 2.24) is 10.2 Å². The number of nitrogens with one attached hydrogen (secondary N) is 1. The second-order valence-corrected chi connectivity index (χ2v) is 1.59. The Morgan fingerprint density at radius 3 is 2.50 bits per heavy atom. The highest BCUT2D eigenvalue weighted by Crippen LogP contribution is 1.64. The molecule has 0 saturated heterocycles. The van der Waals surface area contributed by atoms with Crippen LogP contribution in [-0.2, 0) is 4.79 Å². The maximum absolute atomic E-state index is 9.59. The SMILES string of the molecule is CCC(N)=O.c1cn[nH]c1. The first-order valence-electron chi connectivity index (χ1n) is 2.99. The molecule has 1 aromatic rings. The summed E-state index contributed by atoms with van der Waals surface area (Å²) in [7, 11) is 0. The van der Waals surface area contributed by atoms with Gasteiger partial charge in [0.05, 0.1) is 0 Å². The molecule has 4 heteroatoms. The van der Waals surface area contributed by atoms with Crippen LogP contribution in [-0.4, -0.2) is 16.1 Å². The average Bonchev–Trinajstić information content (AvgIpc) is 2.43. The first-order valence-corrected chi connectivity index (χ1v) is 2.99. The molecular weight excluding hydrogens is 130 g/mol. The van der Waals surface area contributed by atoms with E-state index in [1.165, 1.54) is 0 Å². The molecule has 1 aromatic heterocycles. The van der Waals surface area contributed by atoms with Crippen molar-refractivity contribution in [2.45, 2.75) is 13.3 Å². The number of aromatic nitrogens is 2. The summed E-state index contributed by atoms with van der Waals surface area (Å²) in [6.07, 6.45) is 3.90. The number of primary amides is 1.